The Balaban J connectivity index is 2.72. The van der Waals surface area contributed by atoms with Crippen LogP contribution < -0.4 is 0 Å². The van der Waals surface area contributed by atoms with Crippen LogP contribution >= 0.6 is 0 Å². The Morgan fingerprint density at radius 1 is 1.24 bits per heavy atom. The van der Waals surface area contributed by atoms with Crippen LogP contribution in [-0.4, -0.2) is 17.5 Å². The maximum absolute atomic E-state index is 8.67. The molecule has 0 N–H and O–H groups in total. The van der Waals surface area contributed by atoms with Gasteiger partial charge >= 0.3 is 0 Å². The van der Waals surface area contributed by atoms with Gasteiger partial charge in [0, 0.05) is 25.6 Å². The van der Waals surface area contributed by atoms with Crippen LogP contribution in [-0.2, 0) is 6.54 Å². The number of benzene rings is 1. The molecule has 0 aromatic heterocycles. The maximum atomic E-state index is 8.67. The maximum Gasteiger partial charge on any atom is 0.0635 e. The molecule has 0 saturated heterocycles. The molecule has 0 heterocycles. The number of hydrogen-bond acceptors (Lipinski definition) is 2. The predicted molar refractivity (Wildman–Crippen MR) is 71.7 cm³/mol. The highest BCUT2D eigenvalue weighted by atomic mass is 15.1. The first-order valence-electron chi connectivity index (χ1n) is 6.21. The van der Waals surface area contributed by atoms with E-state index in [9.17, 15) is 0 Å². The minimum absolute atomic E-state index is 0.477. The van der Waals surface area contributed by atoms with Gasteiger partial charge in [-0.3, -0.25) is 4.90 Å². The van der Waals surface area contributed by atoms with Crippen molar-refractivity contribution in [3.63, 3.8) is 0 Å². The van der Waals surface area contributed by atoms with Crippen LogP contribution in [0.3, 0.4) is 0 Å². The fourth-order valence-electron chi connectivity index (χ4n) is 1.85. The molecule has 0 unspecified atom stereocenters. The van der Waals surface area contributed by atoms with Gasteiger partial charge in [-0.05, 0) is 44.4 Å². The largest absolute Gasteiger partial charge is 0.296 e. The second kappa shape index (κ2) is 6.42. The summed E-state index contributed by atoms with van der Waals surface area (Å²) >= 11 is 0. The molecule has 1 aromatic carbocycles. The molecule has 0 aliphatic heterocycles. The van der Waals surface area contributed by atoms with Crippen molar-refractivity contribution in [2.75, 3.05) is 6.54 Å². The van der Waals surface area contributed by atoms with E-state index in [4.69, 9.17) is 5.26 Å². The number of rotatable bonds is 5. The summed E-state index contributed by atoms with van der Waals surface area (Å²) in [6.07, 6.45) is 0.600. The van der Waals surface area contributed by atoms with Crippen LogP contribution in [0.2, 0.25) is 0 Å². The second-order valence-corrected chi connectivity index (χ2v) is 4.89. The zero-order valence-corrected chi connectivity index (χ0v) is 11.3. The van der Waals surface area contributed by atoms with E-state index in [1.165, 1.54) is 16.7 Å². The van der Waals surface area contributed by atoms with Crippen molar-refractivity contribution in [1.29, 1.82) is 5.26 Å². The lowest BCUT2D eigenvalue weighted by molar-refractivity contribution is 0.218. The Morgan fingerprint density at radius 3 is 2.47 bits per heavy atom. The van der Waals surface area contributed by atoms with Crippen LogP contribution in [0.5, 0.6) is 0 Å². The molecule has 2 nitrogen and oxygen atoms in total. The van der Waals surface area contributed by atoms with E-state index >= 15 is 0 Å². The summed E-state index contributed by atoms with van der Waals surface area (Å²) in [5, 5.41) is 8.67. The third-order valence-corrected chi connectivity index (χ3v) is 3.20. The van der Waals surface area contributed by atoms with Gasteiger partial charge in [0.25, 0.3) is 0 Å². The number of aryl methyl sites for hydroxylation is 2. The summed E-state index contributed by atoms with van der Waals surface area (Å²) in [5.74, 6) is 0. The van der Waals surface area contributed by atoms with E-state index in [0.29, 0.717) is 12.5 Å². The topological polar surface area (TPSA) is 27.0 Å². The van der Waals surface area contributed by atoms with E-state index in [1.54, 1.807) is 0 Å². The average Bonchev–Trinajstić information content (AvgIpc) is 2.28. The molecule has 17 heavy (non-hydrogen) atoms. The van der Waals surface area contributed by atoms with Gasteiger partial charge in [0.05, 0.1) is 6.07 Å². The Hall–Kier alpha value is -1.33. The molecule has 0 atom stereocenters. The number of hydrogen-bond donors (Lipinski definition) is 0. The first-order chi connectivity index (χ1) is 8.04. The van der Waals surface area contributed by atoms with Gasteiger partial charge in [0.15, 0.2) is 0 Å². The third-order valence-electron chi connectivity index (χ3n) is 3.20. The molecular formula is C15H22N2. The zero-order chi connectivity index (χ0) is 12.8. The van der Waals surface area contributed by atoms with Gasteiger partial charge in [-0.25, -0.2) is 0 Å². The van der Waals surface area contributed by atoms with E-state index in [2.05, 4.69) is 56.9 Å². The Labute approximate surface area is 105 Å². The van der Waals surface area contributed by atoms with Crippen LogP contribution in [0, 0.1) is 25.2 Å². The summed E-state index contributed by atoms with van der Waals surface area (Å²) in [5.41, 5.74) is 4.01. The fourth-order valence-corrected chi connectivity index (χ4v) is 1.85. The molecule has 0 bridgehead atoms. The molecule has 0 amide bonds. The molecule has 0 radical (unpaired) electrons. The minimum Gasteiger partial charge on any atom is -0.296 e. The third kappa shape index (κ3) is 4.20. The monoisotopic (exact) mass is 230 g/mol. The van der Waals surface area contributed by atoms with Crippen molar-refractivity contribution < 1.29 is 0 Å². The van der Waals surface area contributed by atoms with Crippen molar-refractivity contribution in [1.82, 2.24) is 4.90 Å². The first kappa shape index (κ1) is 13.7. The molecule has 0 aliphatic carbocycles. The van der Waals surface area contributed by atoms with E-state index in [1.807, 2.05) is 0 Å². The van der Waals surface area contributed by atoms with Crippen molar-refractivity contribution in [3.8, 4) is 6.07 Å². The van der Waals surface area contributed by atoms with Crippen molar-refractivity contribution >= 4 is 0 Å². The summed E-state index contributed by atoms with van der Waals surface area (Å²) in [6.45, 7) is 10.4. The van der Waals surface area contributed by atoms with E-state index in [0.717, 1.165) is 13.1 Å². The summed E-state index contributed by atoms with van der Waals surface area (Å²) < 4.78 is 0. The van der Waals surface area contributed by atoms with Crippen molar-refractivity contribution in [2.24, 2.45) is 0 Å². The molecule has 0 saturated carbocycles. The van der Waals surface area contributed by atoms with Crippen molar-refractivity contribution in [3.05, 3.63) is 34.9 Å². The first-order valence-corrected chi connectivity index (χ1v) is 6.21. The van der Waals surface area contributed by atoms with Gasteiger partial charge in [-0.2, -0.15) is 5.26 Å². The Bertz CT molecular complexity index is 402. The highest BCUT2D eigenvalue weighted by Gasteiger charge is 2.09. The smallest absolute Gasteiger partial charge is 0.0635 e. The number of nitriles is 1. The summed E-state index contributed by atoms with van der Waals surface area (Å²) in [6, 6.07) is 9.30. The van der Waals surface area contributed by atoms with Gasteiger partial charge in [-0.15, -0.1) is 0 Å². The second-order valence-electron chi connectivity index (χ2n) is 4.89. The molecule has 0 fully saturated rings. The van der Waals surface area contributed by atoms with Gasteiger partial charge < -0.3 is 0 Å². The SMILES string of the molecule is Cc1ccc(CN(CCC#N)C(C)C)cc1C. The molecule has 1 aromatic rings. The molecule has 0 aliphatic rings. The highest BCUT2D eigenvalue weighted by molar-refractivity contribution is 5.29. The van der Waals surface area contributed by atoms with Gasteiger partial charge in [0.2, 0.25) is 0 Å². The fraction of sp³-hybridized carbons (Fsp3) is 0.533. The van der Waals surface area contributed by atoms with Gasteiger partial charge in [0.1, 0.15) is 0 Å². The van der Waals surface area contributed by atoms with Crippen LogP contribution in [0.1, 0.15) is 37.0 Å². The van der Waals surface area contributed by atoms with Crippen LogP contribution in [0.25, 0.3) is 0 Å². The Kier molecular flexibility index (Phi) is 5.18. The number of nitrogens with zero attached hydrogens (tertiary/aromatic N) is 2. The normalized spacial score (nSPS) is 10.9. The summed E-state index contributed by atoms with van der Waals surface area (Å²) in [4.78, 5) is 2.34. The lowest BCUT2D eigenvalue weighted by Crippen LogP contribution is -2.31. The van der Waals surface area contributed by atoms with E-state index < -0.39 is 0 Å². The Morgan fingerprint density at radius 2 is 1.94 bits per heavy atom. The van der Waals surface area contributed by atoms with Gasteiger partial charge in [-0.1, -0.05) is 18.2 Å². The minimum atomic E-state index is 0.477. The standard InChI is InChI=1S/C15H22N2/c1-12(2)17(9-5-8-16)11-15-7-6-13(3)14(4)10-15/h6-7,10,12H,5,9,11H2,1-4H3. The van der Waals surface area contributed by atoms with Crippen molar-refractivity contribution in [2.45, 2.75) is 46.7 Å². The predicted octanol–water partition coefficient (Wildman–Crippen LogP) is 3.43. The van der Waals surface area contributed by atoms with Crippen LogP contribution in [0.4, 0.5) is 0 Å². The zero-order valence-electron chi connectivity index (χ0n) is 11.3. The summed E-state index contributed by atoms with van der Waals surface area (Å²) in [7, 11) is 0. The molecule has 0 spiro atoms. The lowest BCUT2D eigenvalue weighted by Gasteiger charge is -2.25. The van der Waals surface area contributed by atoms with E-state index in [-0.39, 0.29) is 0 Å². The van der Waals surface area contributed by atoms with Crippen LogP contribution in [0.15, 0.2) is 18.2 Å². The lowest BCUT2D eigenvalue weighted by atomic mass is 10.1. The average molecular weight is 230 g/mol. The molecule has 92 valence electrons. The molecule has 1 rings (SSSR count). The molecule has 2 heteroatoms. The molecular weight excluding hydrogens is 208 g/mol. The quantitative estimate of drug-likeness (QED) is 0.775. The highest BCUT2D eigenvalue weighted by Crippen LogP contribution is 2.13.